The van der Waals surface area contributed by atoms with Crippen molar-refractivity contribution in [3.63, 3.8) is 0 Å². The van der Waals surface area contributed by atoms with Crippen LogP contribution in [0.4, 0.5) is 0 Å². The maximum atomic E-state index is 8.85. The Morgan fingerprint density at radius 2 is 1.33 bits per heavy atom. The van der Waals surface area contributed by atoms with Gasteiger partial charge in [0.25, 0.3) is 0 Å². The van der Waals surface area contributed by atoms with E-state index in [1.54, 1.807) is 7.11 Å². The van der Waals surface area contributed by atoms with E-state index in [0.717, 1.165) is 5.75 Å². The molecule has 0 aliphatic carbocycles. The van der Waals surface area contributed by atoms with Crippen molar-refractivity contribution in [1.29, 1.82) is 5.26 Å². The molecule has 1 heterocycles. The van der Waals surface area contributed by atoms with Gasteiger partial charge in [-0.3, -0.25) is 0 Å². The zero-order chi connectivity index (χ0) is 14.7. The van der Waals surface area contributed by atoms with Gasteiger partial charge in [0.05, 0.1) is 0 Å². The summed E-state index contributed by atoms with van der Waals surface area (Å²) in [5.41, 5.74) is 3.22. The van der Waals surface area contributed by atoms with Gasteiger partial charge in [0, 0.05) is 0 Å². The van der Waals surface area contributed by atoms with Gasteiger partial charge in [-0.2, -0.15) is 0 Å². The zero-order valence-electron chi connectivity index (χ0n) is 11.5. The van der Waals surface area contributed by atoms with Crippen molar-refractivity contribution in [2.45, 2.75) is 0 Å². The van der Waals surface area contributed by atoms with Gasteiger partial charge in [0.2, 0.25) is 0 Å². The van der Waals surface area contributed by atoms with Gasteiger partial charge in [-0.15, -0.1) is 0 Å². The van der Waals surface area contributed by atoms with Crippen LogP contribution in [0.3, 0.4) is 0 Å². The summed E-state index contributed by atoms with van der Waals surface area (Å²) in [5.74, 6) is 0.887. The molecule has 0 unspecified atom stereocenters. The summed E-state index contributed by atoms with van der Waals surface area (Å²) in [6.07, 6.45) is 0. The van der Waals surface area contributed by atoms with Gasteiger partial charge in [-0.1, -0.05) is 0 Å². The first kappa shape index (κ1) is 14.0. The van der Waals surface area contributed by atoms with Crippen molar-refractivity contribution in [1.82, 2.24) is 0 Å². The van der Waals surface area contributed by atoms with E-state index in [1.807, 2.05) is 36.4 Å². The number of ether oxygens (including phenoxy) is 1. The number of nitriles is 1. The van der Waals surface area contributed by atoms with Gasteiger partial charge < -0.3 is 0 Å². The Bertz CT molecular complexity index is 779. The number of benzene rings is 2. The van der Waals surface area contributed by atoms with Crippen molar-refractivity contribution < 1.29 is 4.74 Å². The molecule has 3 rings (SSSR count). The summed E-state index contributed by atoms with van der Waals surface area (Å²) in [6, 6.07) is 22.7. The van der Waals surface area contributed by atoms with Gasteiger partial charge in [-0.05, 0) is 0 Å². The topological polar surface area (TPSA) is 33.0 Å². The Morgan fingerprint density at radius 3 is 1.81 bits per heavy atom. The molecule has 0 spiro atoms. The van der Waals surface area contributed by atoms with E-state index in [1.165, 1.54) is 18.3 Å². The van der Waals surface area contributed by atoms with Crippen LogP contribution < -0.4 is 4.74 Å². The van der Waals surface area contributed by atoms with Crippen LogP contribution in [0.15, 0.2) is 60.7 Å². The zero-order valence-corrected chi connectivity index (χ0v) is 13.9. The van der Waals surface area contributed by atoms with Gasteiger partial charge in [-0.25, -0.2) is 0 Å². The summed E-state index contributed by atoms with van der Waals surface area (Å²) in [6.45, 7) is 0. The summed E-state index contributed by atoms with van der Waals surface area (Å²) >= 11 is -0.376. The monoisotopic (exact) mass is 389 g/mol. The molecule has 0 saturated carbocycles. The molecule has 3 heteroatoms. The molecular formula is C18H13NOTe. The van der Waals surface area contributed by atoms with Crippen LogP contribution in [-0.2, 0) is 0 Å². The maximum absolute atomic E-state index is 8.85. The SMILES string of the molecule is COc1ccc(-c2ccc(-c3ccc(C#N)cc3)[te]2)cc1. The number of rotatable bonds is 3. The van der Waals surface area contributed by atoms with Crippen molar-refractivity contribution in [2.24, 2.45) is 0 Å². The molecule has 0 amide bonds. The van der Waals surface area contributed by atoms with Crippen LogP contribution in [0.1, 0.15) is 5.56 Å². The number of nitrogens with zero attached hydrogens (tertiary/aromatic N) is 1. The summed E-state index contributed by atoms with van der Waals surface area (Å²) < 4.78 is 8.04. The quantitative estimate of drug-likeness (QED) is 0.638. The van der Waals surface area contributed by atoms with E-state index < -0.39 is 0 Å². The second-order valence-corrected chi connectivity index (χ2v) is 7.67. The summed E-state index contributed by atoms with van der Waals surface area (Å²) in [4.78, 5) is 0. The Morgan fingerprint density at radius 1 is 0.810 bits per heavy atom. The summed E-state index contributed by atoms with van der Waals surface area (Å²) in [7, 11) is 1.68. The molecule has 0 fully saturated rings. The van der Waals surface area contributed by atoms with Crippen LogP contribution in [0.5, 0.6) is 5.75 Å². The van der Waals surface area contributed by atoms with Crippen LogP contribution in [0.2, 0.25) is 0 Å². The molecule has 0 radical (unpaired) electrons. The van der Waals surface area contributed by atoms with Crippen molar-refractivity contribution in [3.05, 3.63) is 66.2 Å². The fourth-order valence-electron chi connectivity index (χ4n) is 2.11. The molecule has 0 bridgehead atoms. The molecule has 2 nitrogen and oxygen atoms in total. The first-order valence-corrected chi connectivity index (χ1v) is 8.88. The molecular weight excluding hydrogens is 374 g/mol. The van der Waals surface area contributed by atoms with E-state index in [2.05, 4.69) is 30.3 Å². The average Bonchev–Trinajstić information content (AvgIpc) is 3.05. The Kier molecular flexibility index (Phi) is 4.11. The van der Waals surface area contributed by atoms with Crippen molar-refractivity contribution in [2.75, 3.05) is 7.11 Å². The molecule has 0 aliphatic heterocycles. The molecule has 0 saturated heterocycles. The van der Waals surface area contributed by atoms with Gasteiger partial charge in [0.1, 0.15) is 0 Å². The number of hydrogen-bond donors (Lipinski definition) is 0. The second kappa shape index (κ2) is 6.19. The molecule has 0 atom stereocenters. The van der Waals surface area contributed by atoms with Crippen LogP contribution in [0, 0.1) is 11.3 Å². The first-order valence-electron chi connectivity index (χ1n) is 6.55. The number of methoxy groups -OCH3 is 1. The van der Waals surface area contributed by atoms with Crippen LogP contribution in [-0.4, -0.2) is 27.5 Å². The van der Waals surface area contributed by atoms with E-state index in [9.17, 15) is 0 Å². The van der Waals surface area contributed by atoms with Gasteiger partial charge in [0.15, 0.2) is 0 Å². The molecule has 102 valence electrons. The fraction of sp³-hybridized carbons (Fsp3) is 0.0556. The van der Waals surface area contributed by atoms with Crippen molar-refractivity contribution >= 4 is 20.4 Å². The predicted octanol–water partition coefficient (Wildman–Crippen LogP) is 3.96. The normalized spacial score (nSPS) is 10.1. The average molecular weight is 387 g/mol. The van der Waals surface area contributed by atoms with Crippen LogP contribution in [0.25, 0.3) is 18.3 Å². The van der Waals surface area contributed by atoms with E-state index in [-0.39, 0.29) is 20.4 Å². The minimum absolute atomic E-state index is 0.376. The third-order valence-electron chi connectivity index (χ3n) is 3.28. The standard InChI is InChI=1S/C18H13NOTe/c1-20-16-8-6-15(7-9-16)18-11-10-17(21-18)14-4-2-13(12-19)3-5-14/h2-11H,1H3. The molecule has 3 aromatic rings. The van der Waals surface area contributed by atoms with Crippen molar-refractivity contribution in [3.8, 4) is 30.1 Å². The predicted molar refractivity (Wildman–Crippen MR) is 85.5 cm³/mol. The van der Waals surface area contributed by atoms with E-state index in [0.29, 0.717) is 5.56 Å². The second-order valence-electron chi connectivity index (χ2n) is 4.58. The van der Waals surface area contributed by atoms with E-state index >= 15 is 0 Å². The third kappa shape index (κ3) is 3.03. The molecule has 0 N–H and O–H groups in total. The molecule has 1 aromatic heterocycles. The molecule has 0 aliphatic rings. The van der Waals surface area contributed by atoms with E-state index in [4.69, 9.17) is 10.00 Å². The first-order chi connectivity index (χ1) is 10.3. The van der Waals surface area contributed by atoms with Gasteiger partial charge >= 0.3 is 134 Å². The molecule has 2 aromatic carbocycles. The number of hydrogen-bond acceptors (Lipinski definition) is 2. The van der Waals surface area contributed by atoms with Crippen LogP contribution >= 0.6 is 0 Å². The summed E-state index contributed by atoms with van der Waals surface area (Å²) in [5, 5.41) is 8.85. The fourth-order valence-corrected chi connectivity index (χ4v) is 5.01. The Hall–Kier alpha value is -2.00. The molecule has 21 heavy (non-hydrogen) atoms. The Labute approximate surface area is 133 Å². The Balaban J connectivity index is 1.89. The minimum atomic E-state index is -0.376. The third-order valence-corrected chi connectivity index (χ3v) is 6.66.